The van der Waals surface area contributed by atoms with E-state index >= 15 is 0 Å². The van der Waals surface area contributed by atoms with E-state index in [9.17, 15) is 24.0 Å². The Morgan fingerprint density at radius 3 is 2.20 bits per heavy atom. The van der Waals surface area contributed by atoms with E-state index in [1.165, 1.54) is 0 Å². The number of aromatic nitrogens is 2. The Morgan fingerprint density at radius 1 is 0.754 bits per heavy atom. The minimum atomic E-state index is -0.965. The van der Waals surface area contributed by atoms with E-state index in [-0.39, 0.29) is 36.7 Å². The third kappa shape index (κ3) is 8.98. The highest BCUT2D eigenvalue weighted by Crippen LogP contribution is 2.35. The van der Waals surface area contributed by atoms with Gasteiger partial charge in [-0.25, -0.2) is 9.78 Å². The van der Waals surface area contributed by atoms with Gasteiger partial charge in [-0.05, 0) is 137 Å². The molecule has 3 aromatic carbocycles. The largest absolute Gasteiger partial charge is 0.457 e. The molecule has 358 valence electrons. The zero-order valence-corrected chi connectivity index (χ0v) is 38.9. The van der Waals surface area contributed by atoms with E-state index in [0.717, 1.165) is 160 Å². The van der Waals surface area contributed by atoms with Crippen molar-refractivity contribution >= 4 is 47.0 Å². The first-order valence-electron chi connectivity index (χ1n) is 24.9. The van der Waals surface area contributed by atoms with Crippen LogP contribution in [0.15, 0.2) is 84.2 Å². The molecule has 5 saturated heterocycles. The molecule has 69 heavy (non-hydrogen) atoms. The molecular weight excluding hydrogens is 875 g/mol. The van der Waals surface area contributed by atoms with Crippen LogP contribution in [0.25, 0.3) is 0 Å². The molecule has 4 N–H and O–H groups in total. The van der Waals surface area contributed by atoms with E-state index < -0.39 is 23.8 Å². The number of hydrogen-bond acceptors (Lipinski definition) is 12. The van der Waals surface area contributed by atoms with Crippen molar-refractivity contribution < 1.29 is 33.7 Å². The van der Waals surface area contributed by atoms with Crippen LogP contribution in [0.5, 0.6) is 11.5 Å². The van der Waals surface area contributed by atoms with Crippen LogP contribution in [0.3, 0.4) is 0 Å². The third-order valence-corrected chi connectivity index (χ3v) is 15.7. The van der Waals surface area contributed by atoms with Gasteiger partial charge in [0, 0.05) is 57.2 Å². The van der Waals surface area contributed by atoms with Crippen LogP contribution in [-0.4, -0.2) is 147 Å². The van der Waals surface area contributed by atoms with E-state index in [0.29, 0.717) is 28.9 Å². The number of rotatable bonds is 9. The second-order valence-electron chi connectivity index (χ2n) is 19.9. The van der Waals surface area contributed by atoms with Crippen LogP contribution in [-0.2, 0) is 9.59 Å². The first-order valence-corrected chi connectivity index (χ1v) is 24.9. The highest BCUT2D eigenvalue weighted by atomic mass is 16.5. The van der Waals surface area contributed by atoms with Crippen molar-refractivity contribution in [2.75, 3.05) is 64.6 Å². The predicted molar refractivity (Wildman–Crippen MR) is 256 cm³/mol. The molecule has 6 amide bonds. The summed E-state index contributed by atoms with van der Waals surface area (Å²) in [5, 5.41) is 8.51. The Labute approximate surface area is 401 Å². The Kier molecular flexibility index (Phi) is 12.4. The van der Waals surface area contributed by atoms with Gasteiger partial charge in [0.15, 0.2) is 0 Å². The number of nitrogens with zero attached hydrogens (tertiary/aromatic N) is 8. The zero-order chi connectivity index (χ0) is 47.2. The summed E-state index contributed by atoms with van der Waals surface area (Å²) in [4.78, 5) is 84.1. The lowest BCUT2D eigenvalue weighted by molar-refractivity contribution is -0.868. The summed E-state index contributed by atoms with van der Waals surface area (Å²) in [6.07, 6.45) is 9.71. The zero-order valence-electron chi connectivity index (χ0n) is 38.9. The number of amides is 6. The van der Waals surface area contributed by atoms with Crippen molar-refractivity contribution in [1.29, 1.82) is 0 Å². The molecule has 3 unspecified atom stereocenters. The van der Waals surface area contributed by atoms with Crippen LogP contribution in [0.4, 0.5) is 16.4 Å². The number of para-hydroxylation sites is 1. The summed E-state index contributed by atoms with van der Waals surface area (Å²) < 4.78 is 6.04. The van der Waals surface area contributed by atoms with Crippen molar-refractivity contribution in [2.45, 2.75) is 88.3 Å². The number of quaternary nitrogens is 1. The molecule has 1 aromatic heterocycles. The average molecular weight is 935 g/mol. The number of likely N-dealkylation sites (tertiary alicyclic amines) is 4. The monoisotopic (exact) mass is 934 g/mol. The number of urea groups is 1. The summed E-state index contributed by atoms with van der Waals surface area (Å²) in [7, 11) is 0. The number of anilines is 1. The predicted octanol–water partition coefficient (Wildman–Crippen LogP) is 4.18. The topological polar surface area (TPSA) is 191 Å². The van der Waals surface area contributed by atoms with Crippen molar-refractivity contribution in [3.05, 3.63) is 107 Å². The van der Waals surface area contributed by atoms with E-state index in [4.69, 9.17) is 20.6 Å². The van der Waals surface area contributed by atoms with Crippen LogP contribution in [0.1, 0.15) is 108 Å². The van der Waals surface area contributed by atoms with Crippen LogP contribution < -0.4 is 20.8 Å². The number of fused-ring (bicyclic) bond motifs is 2. The number of nitrogen functional groups attached to an aromatic ring is 1. The van der Waals surface area contributed by atoms with Crippen molar-refractivity contribution in [2.24, 2.45) is 11.0 Å². The fourth-order valence-corrected chi connectivity index (χ4v) is 11.9. The van der Waals surface area contributed by atoms with Gasteiger partial charge in [-0.15, -0.1) is 0 Å². The maximum atomic E-state index is 13.9. The molecule has 17 heteroatoms. The van der Waals surface area contributed by atoms with Crippen molar-refractivity contribution in [3.63, 3.8) is 0 Å². The smallest absolute Gasteiger partial charge is 0.319 e. The maximum absolute atomic E-state index is 13.9. The first-order chi connectivity index (χ1) is 33.6. The van der Waals surface area contributed by atoms with Crippen LogP contribution in [0.2, 0.25) is 0 Å². The first kappa shape index (κ1) is 44.9. The van der Waals surface area contributed by atoms with Gasteiger partial charge >= 0.3 is 6.03 Å². The van der Waals surface area contributed by atoms with Crippen molar-refractivity contribution in [1.82, 2.24) is 39.8 Å². The number of imide groups is 2. The number of nitrogens with two attached hydrogens (primary N) is 1. The molecule has 7 aliphatic rings. The number of piperidine rings is 5. The molecule has 0 spiro atoms. The highest BCUT2D eigenvalue weighted by Gasteiger charge is 2.46. The normalized spacial score (nSPS) is 24.3. The van der Waals surface area contributed by atoms with Gasteiger partial charge in [0.25, 0.3) is 17.6 Å². The molecule has 0 radical (unpaired) electrons. The summed E-state index contributed by atoms with van der Waals surface area (Å²) in [5.41, 5.74) is 10.8. The SMILES string of the molecule is Nc1ncnc2c1C(c1ccc(Oc3ccccc3)cc1)=N[NH+]2C1CCCN(C2CCN(C(=O)N3CCC(CN4CCC(c5ccc6c(c5)C(=O)N(C5CCC(=O)NC5=O)C6=O)CC4)CC3)CC2)C1. The number of benzene rings is 3. The summed E-state index contributed by atoms with van der Waals surface area (Å²) >= 11 is 0. The molecule has 0 aliphatic carbocycles. The Morgan fingerprint density at radius 2 is 1.46 bits per heavy atom. The van der Waals surface area contributed by atoms with Gasteiger partial charge in [-0.1, -0.05) is 29.4 Å². The molecule has 4 aromatic rings. The molecule has 3 atom stereocenters. The van der Waals surface area contributed by atoms with Crippen LogP contribution in [0, 0.1) is 5.92 Å². The van der Waals surface area contributed by atoms with Gasteiger partial charge in [-0.2, -0.15) is 9.99 Å². The molecule has 17 nitrogen and oxygen atoms in total. The van der Waals surface area contributed by atoms with Gasteiger partial charge in [0.05, 0.1) is 17.7 Å². The van der Waals surface area contributed by atoms with Gasteiger partial charge in [0.1, 0.15) is 47.0 Å². The van der Waals surface area contributed by atoms with E-state index in [1.54, 1.807) is 12.4 Å². The van der Waals surface area contributed by atoms with E-state index in [1.807, 2.05) is 66.7 Å². The minimum Gasteiger partial charge on any atom is -0.457 e. The Hall–Kier alpha value is -6.56. The molecule has 0 bridgehead atoms. The number of hydrogen-bond donors (Lipinski definition) is 3. The molecule has 0 saturated carbocycles. The second kappa shape index (κ2) is 19.1. The maximum Gasteiger partial charge on any atom is 0.319 e. The minimum absolute atomic E-state index is 0.0977. The fourth-order valence-electron chi connectivity index (χ4n) is 11.9. The number of ether oxygens (including phenoxy) is 1. The summed E-state index contributed by atoms with van der Waals surface area (Å²) in [5.74, 6) is 1.69. The number of carbonyl (C=O) groups excluding carboxylic acids is 5. The lowest BCUT2D eigenvalue weighted by atomic mass is 9.87. The molecule has 5 fully saturated rings. The number of carbonyl (C=O) groups is 5. The second-order valence-corrected chi connectivity index (χ2v) is 19.9. The highest BCUT2D eigenvalue weighted by molar-refractivity contribution is 6.23. The third-order valence-electron chi connectivity index (χ3n) is 15.7. The summed E-state index contributed by atoms with van der Waals surface area (Å²) in [6, 6.07) is 23.0. The molecule has 11 rings (SSSR count). The average Bonchev–Trinajstić information content (AvgIpc) is 3.89. The van der Waals surface area contributed by atoms with Gasteiger partial charge in [-0.3, -0.25) is 34.3 Å². The van der Waals surface area contributed by atoms with Gasteiger partial charge < -0.3 is 25.2 Å². The fraction of sp³-hybridized carbons (Fsp3) is 0.462. The standard InChI is InChI=1S/C52H59N11O6/c53-47-45-46(35-8-11-40(12-9-35)69-39-6-2-1-3-7-39)57-63(48(45)55-32-54-47)38-5-4-22-61(31-38)37-20-27-60(28-21-37)52(68)59-25-16-33(17-26-59)30-58-23-18-34(19-24-58)36-10-13-41-42(29-36)51(67)62(50(41)66)43-14-15-44(64)56-49(43)65/h1-3,6-13,29,32-34,37-38,43H,4-5,14-28,30-31H2,(H2,53,54,55)(H,56,64,65)/p+1. The van der Waals surface area contributed by atoms with Crippen molar-refractivity contribution in [3.8, 4) is 11.5 Å². The lowest BCUT2D eigenvalue weighted by Gasteiger charge is -2.43. The summed E-state index contributed by atoms with van der Waals surface area (Å²) in [6.45, 7) is 7.96. The van der Waals surface area contributed by atoms with Crippen LogP contribution >= 0.6 is 0 Å². The Bertz CT molecular complexity index is 2660. The van der Waals surface area contributed by atoms with E-state index in [2.05, 4.69) is 29.9 Å². The molecule has 8 heterocycles. The Balaban J connectivity index is 0.633. The lowest BCUT2D eigenvalue weighted by Crippen LogP contribution is -3.07. The molecule has 7 aliphatic heterocycles. The van der Waals surface area contributed by atoms with Gasteiger partial charge in [0.2, 0.25) is 11.8 Å². The molecular formula is C52H60N11O6+. The number of nitrogens with one attached hydrogen (secondary N) is 2. The quantitative estimate of drug-likeness (QED) is 0.204.